The third-order valence-electron chi connectivity index (χ3n) is 6.46. The molecule has 0 spiro atoms. The number of furan rings is 2. The van der Waals surface area contributed by atoms with E-state index in [4.69, 9.17) is 13.6 Å². The predicted molar refractivity (Wildman–Crippen MR) is 138 cm³/mol. The average molecular weight is 517 g/mol. The number of hydrogen-bond acceptors (Lipinski definition) is 5. The van der Waals surface area contributed by atoms with Gasteiger partial charge in [-0.05, 0) is 77.6 Å². The fourth-order valence-corrected chi connectivity index (χ4v) is 4.56. The van der Waals surface area contributed by atoms with Crippen molar-refractivity contribution in [2.24, 2.45) is 5.92 Å². The fraction of sp³-hybridized carbons (Fsp3) is 0.267. The lowest BCUT2D eigenvalue weighted by molar-refractivity contribution is 0.0661. The molecule has 0 radical (unpaired) electrons. The normalized spacial score (nSPS) is 14.8. The van der Waals surface area contributed by atoms with Crippen molar-refractivity contribution in [2.45, 2.75) is 32.9 Å². The smallest absolute Gasteiger partial charge is 0.290 e. The highest BCUT2D eigenvalue weighted by molar-refractivity contribution is 5.92. The highest BCUT2D eigenvalue weighted by Gasteiger charge is 2.34. The maximum atomic E-state index is 13.7. The van der Waals surface area contributed by atoms with Gasteiger partial charge in [-0.15, -0.1) is 0 Å². The molecule has 0 saturated heterocycles. The molecule has 1 unspecified atom stereocenters. The van der Waals surface area contributed by atoms with Gasteiger partial charge in [-0.1, -0.05) is 32.0 Å². The van der Waals surface area contributed by atoms with Crippen LogP contribution in [0.2, 0.25) is 0 Å². The number of ether oxygens (including phenoxy) is 1. The molecule has 5 rings (SSSR count). The molecular weight excluding hydrogens is 487 g/mol. The highest BCUT2D eigenvalue weighted by Crippen LogP contribution is 2.38. The molecular formula is C30H29FN2O5. The number of halogens is 1. The van der Waals surface area contributed by atoms with Crippen molar-refractivity contribution in [3.8, 4) is 5.75 Å². The molecule has 0 aliphatic carbocycles. The summed E-state index contributed by atoms with van der Waals surface area (Å²) in [5.74, 6) is 1.08. The second kappa shape index (κ2) is 11.0. The zero-order valence-corrected chi connectivity index (χ0v) is 21.3. The van der Waals surface area contributed by atoms with Crippen LogP contribution < -0.4 is 10.1 Å². The molecule has 7 nitrogen and oxygen atoms in total. The highest BCUT2D eigenvalue weighted by atomic mass is 19.1. The van der Waals surface area contributed by atoms with Crippen molar-refractivity contribution < 1.29 is 27.6 Å². The molecule has 1 aliphatic rings. The molecule has 2 aromatic carbocycles. The third kappa shape index (κ3) is 5.49. The SMILES string of the molecule is CC(C)CNC(=O)c1ccc(COc2ccc3c(c2)C(c2ccc(F)cc2)N(C(=O)c2ccco2)CC3)o1. The molecule has 38 heavy (non-hydrogen) atoms. The lowest BCUT2D eigenvalue weighted by Crippen LogP contribution is -2.40. The number of nitrogens with zero attached hydrogens (tertiary/aromatic N) is 1. The van der Waals surface area contributed by atoms with E-state index in [0.29, 0.717) is 36.9 Å². The van der Waals surface area contributed by atoms with Crippen molar-refractivity contribution in [1.82, 2.24) is 10.2 Å². The number of benzene rings is 2. The van der Waals surface area contributed by atoms with E-state index >= 15 is 0 Å². The van der Waals surface area contributed by atoms with Crippen LogP contribution in [0.25, 0.3) is 0 Å². The topological polar surface area (TPSA) is 84.9 Å². The molecule has 196 valence electrons. The molecule has 1 aliphatic heterocycles. The molecule has 2 amide bonds. The summed E-state index contributed by atoms with van der Waals surface area (Å²) < 4.78 is 30.8. The Bertz CT molecular complexity index is 1410. The van der Waals surface area contributed by atoms with Crippen LogP contribution in [-0.2, 0) is 13.0 Å². The van der Waals surface area contributed by atoms with Gasteiger partial charge in [0.25, 0.3) is 11.8 Å². The Morgan fingerprint density at radius 3 is 2.63 bits per heavy atom. The summed E-state index contributed by atoms with van der Waals surface area (Å²) in [6.45, 7) is 5.23. The van der Waals surface area contributed by atoms with Crippen LogP contribution in [-0.4, -0.2) is 29.8 Å². The van der Waals surface area contributed by atoms with Crippen molar-refractivity contribution in [3.63, 3.8) is 0 Å². The molecule has 8 heteroatoms. The van der Waals surface area contributed by atoms with E-state index < -0.39 is 6.04 Å². The Balaban J connectivity index is 1.38. The lowest BCUT2D eigenvalue weighted by Gasteiger charge is -2.37. The fourth-order valence-electron chi connectivity index (χ4n) is 4.56. The van der Waals surface area contributed by atoms with Crippen LogP contribution in [0.5, 0.6) is 5.75 Å². The number of carbonyl (C=O) groups excluding carboxylic acids is 2. The second-order valence-corrected chi connectivity index (χ2v) is 9.70. The molecule has 1 N–H and O–H groups in total. The van der Waals surface area contributed by atoms with Gasteiger partial charge in [0.2, 0.25) is 0 Å². The van der Waals surface area contributed by atoms with Gasteiger partial charge in [-0.2, -0.15) is 0 Å². The van der Waals surface area contributed by atoms with E-state index in [1.807, 2.05) is 32.0 Å². The zero-order valence-electron chi connectivity index (χ0n) is 21.3. The van der Waals surface area contributed by atoms with E-state index in [-0.39, 0.29) is 35.8 Å². The number of amides is 2. The Labute approximate surface area is 220 Å². The van der Waals surface area contributed by atoms with Crippen LogP contribution in [0.1, 0.15) is 63.4 Å². The van der Waals surface area contributed by atoms with Gasteiger partial charge in [0.05, 0.1) is 12.3 Å². The minimum Gasteiger partial charge on any atom is -0.486 e. The van der Waals surface area contributed by atoms with Crippen LogP contribution in [0.4, 0.5) is 4.39 Å². The van der Waals surface area contributed by atoms with Crippen molar-refractivity contribution in [3.05, 3.63) is 113 Å². The molecule has 3 heterocycles. The van der Waals surface area contributed by atoms with E-state index in [9.17, 15) is 14.0 Å². The van der Waals surface area contributed by atoms with E-state index in [2.05, 4.69) is 5.32 Å². The minimum atomic E-state index is -0.444. The first-order chi connectivity index (χ1) is 18.4. The number of carbonyl (C=O) groups is 2. The van der Waals surface area contributed by atoms with Gasteiger partial charge in [-0.3, -0.25) is 9.59 Å². The molecule has 0 bridgehead atoms. The minimum absolute atomic E-state index is 0.131. The van der Waals surface area contributed by atoms with E-state index in [0.717, 1.165) is 16.7 Å². The van der Waals surface area contributed by atoms with Gasteiger partial charge in [0.15, 0.2) is 11.5 Å². The second-order valence-electron chi connectivity index (χ2n) is 9.70. The Kier molecular flexibility index (Phi) is 7.31. The summed E-state index contributed by atoms with van der Waals surface area (Å²) in [6.07, 6.45) is 2.13. The number of hydrogen-bond donors (Lipinski definition) is 1. The van der Waals surface area contributed by atoms with Crippen LogP contribution in [0.15, 0.2) is 81.8 Å². The first-order valence-electron chi connectivity index (χ1n) is 12.6. The number of rotatable bonds is 8. The lowest BCUT2D eigenvalue weighted by atomic mass is 9.87. The Morgan fingerprint density at radius 1 is 1.08 bits per heavy atom. The molecule has 0 fully saturated rings. The van der Waals surface area contributed by atoms with E-state index in [1.165, 1.54) is 18.4 Å². The summed E-state index contributed by atoms with van der Waals surface area (Å²) >= 11 is 0. The van der Waals surface area contributed by atoms with Gasteiger partial charge >= 0.3 is 0 Å². The molecule has 1 atom stereocenters. The summed E-state index contributed by atoms with van der Waals surface area (Å²) in [6, 6.07) is 18.2. The van der Waals surface area contributed by atoms with Crippen molar-refractivity contribution in [1.29, 1.82) is 0 Å². The maximum Gasteiger partial charge on any atom is 0.290 e. The Hall–Kier alpha value is -4.33. The summed E-state index contributed by atoms with van der Waals surface area (Å²) in [5.41, 5.74) is 2.76. The van der Waals surface area contributed by atoms with Crippen molar-refractivity contribution in [2.75, 3.05) is 13.1 Å². The van der Waals surface area contributed by atoms with Crippen molar-refractivity contribution >= 4 is 11.8 Å². The summed E-state index contributed by atoms with van der Waals surface area (Å²) in [7, 11) is 0. The average Bonchev–Trinajstić information content (AvgIpc) is 3.63. The molecule has 0 saturated carbocycles. The van der Waals surface area contributed by atoms with Gasteiger partial charge in [0.1, 0.15) is 23.9 Å². The summed E-state index contributed by atoms with van der Waals surface area (Å²) in [4.78, 5) is 27.3. The monoisotopic (exact) mass is 516 g/mol. The first kappa shape index (κ1) is 25.3. The van der Waals surface area contributed by atoms with Crippen LogP contribution >= 0.6 is 0 Å². The molecule has 2 aromatic heterocycles. The number of nitrogens with one attached hydrogen (secondary N) is 1. The van der Waals surface area contributed by atoms with Crippen LogP contribution in [0, 0.1) is 11.7 Å². The maximum absolute atomic E-state index is 13.7. The van der Waals surface area contributed by atoms with Gasteiger partial charge in [0, 0.05) is 13.1 Å². The quantitative estimate of drug-likeness (QED) is 0.322. The zero-order chi connectivity index (χ0) is 26.6. The predicted octanol–water partition coefficient (Wildman–Crippen LogP) is 5.76. The largest absolute Gasteiger partial charge is 0.486 e. The number of fused-ring (bicyclic) bond motifs is 1. The third-order valence-corrected chi connectivity index (χ3v) is 6.46. The molecule has 4 aromatic rings. The standard InChI is InChI=1S/C30H29FN2O5/c1-19(2)17-32-29(34)26-12-11-24(38-26)18-37-23-10-7-20-13-14-33(30(35)27-4-3-15-36-27)28(25(20)16-23)21-5-8-22(31)9-6-21/h3-12,15-16,19,28H,13-14,17-18H2,1-2H3,(H,32,34). The Morgan fingerprint density at radius 2 is 1.89 bits per heavy atom. The summed E-state index contributed by atoms with van der Waals surface area (Å²) in [5, 5.41) is 2.83. The van der Waals surface area contributed by atoms with Gasteiger partial charge < -0.3 is 23.8 Å². The first-order valence-corrected chi connectivity index (χ1v) is 12.6. The van der Waals surface area contributed by atoms with Gasteiger partial charge in [-0.25, -0.2) is 4.39 Å². The van der Waals surface area contributed by atoms with E-state index in [1.54, 1.807) is 41.3 Å². The van der Waals surface area contributed by atoms with Crippen LogP contribution in [0.3, 0.4) is 0 Å².